The van der Waals surface area contributed by atoms with E-state index >= 15 is 0 Å². The number of carbonyl (C=O) groups is 1. The molecule has 0 bridgehead atoms. The highest BCUT2D eigenvalue weighted by Gasteiger charge is 2.52. The zero-order chi connectivity index (χ0) is 32.0. The molecule has 0 amide bonds. The van der Waals surface area contributed by atoms with Crippen molar-refractivity contribution in [3.8, 4) is 34.5 Å². The van der Waals surface area contributed by atoms with Crippen LogP contribution in [0, 0.1) is 0 Å². The Labute approximate surface area is 247 Å². The van der Waals surface area contributed by atoms with Crippen molar-refractivity contribution in [2.24, 2.45) is 0 Å². The molecule has 2 aromatic carbocycles. The van der Waals surface area contributed by atoms with Crippen LogP contribution in [0.1, 0.15) is 28.4 Å². The molecule has 11 unspecified atom stereocenters. The molecule has 3 heterocycles. The summed E-state index contributed by atoms with van der Waals surface area (Å²) in [6.45, 7) is -1.64. The monoisotopic (exact) mass is 628 g/mol. The highest BCUT2D eigenvalue weighted by atomic mass is 16.8. The molecule has 242 valence electrons. The third kappa shape index (κ3) is 5.70. The second kappa shape index (κ2) is 12.5. The molecule has 0 aliphatic carbocycles. The summed E-state index contributed by atoms with van der Waals surface area (Å²) >= 11 is 0. The largest absolute Gasteiger partial charge is 0.507 e. The average Bonchev–Trinajstić information content (AvgIpc) is 2.99. The van der Waals surface area contributed by atoms with Crippen LogP contribution in [0.3, 0.4) is 0 Å². The molecular formula is C27H32O17. The van der Waals surface area contributed by atoms with Crippen molar-refractivity contribution in [3.63, 3.8) is 0 Å². The maximum Gasteiger partial charge on any atom is 0.230 e. The minimum atomic E-state index is -1.94. The number of rotatable bonds is 7. The molecule has 17 heteroatoms. The number of carbonyl (C=O) groups excluding carboxylic acids is 1. The van der Waals surface area contributed by atoms with E-state index in [4.69, 9.17) is 23.7 Å². The van der Waals surface area contributed by atoms with Gasteiger partial charge < -0.3 is 79.9 Å². The Kier molecular flexibility index (Phi) is 9.06. The SMILES string of the molecule is O=C1CC(c2ccc(O)c(O)c2)Oc2c(OC3OC(CO)C(O)C(O)C3OC3OC(CO)C(O)C(O)C3O)c(O)cc(O)c21. The number of hydrogen-bond donors (Lipinski definition) is 11. The molecule has 5 rings (SSSR count). The number of aliphatic hydroxyl groups is 7. The molecule has 2 saturated heterocycles. The van der Waals surface area contributed by atoms with Crippen molar-refractivity contribution in [2.75, 3.05) is 13.2 Å². The highest BCUT2D eigenvalue weighted by molar-refractivity contribution is 6.03. The average molecular weight is 629 g/mol. The zero-order valence-corrected chi connectivity index (χ0v) is 22.7. The fraction of sp³-hybridized carbons (Fsp3) is 0.519. The van der Waals surface area contributed by atoms with Crippen LogP contribution in [0.2, 0.25) is 0 Å². The van der Waals surface area contributed by atoms with Crippen molar-refractivity contribution in [3.05, 3.63) is 35.4 Å². The normalized spacial score (nSPS) is 35.5. The molecule has 3 aliphatic rings. The predicted molar refractivity (Wildman–Crippen MR) is 139 cm³/mol. The highest BCUT2D eigenvalue weighted by Crippen LogP contribution is 2.51. The van der Waals surface area contributed by atoms with Crippen LogP contribution in [0.5, 0.6) is 34.5 Å². The van der Waals surface area contributed by atoms with E-state index in [1.54, 1.807) is 0 Å². The maximum atomic E-state index is 13.1. The van der Waals surface area contributed by atoms with E-state index in [1.807, 2.05) is 0 Å². The summed E-state index contributed by atoms with van der Waals surface area (Å²) in [7, 11) is 0. The van der Waals surface area contributed by atoms with Gasteiger partial charge in [0.2, 0.25) is 12.0 Å². The van der Waals surface area contributed by atoms with Crippen LogP contribution in [-0.4, -0.2) is 137 Å². The number of aromatic hydroxyl groups is 4. The van der Waals surface area contributed by atoms with Gasteiger partial charge in [-0.15, -0.1) is 0 Å². The molecule has 0 spiro atoms. The molecule has 11 N–H and O–H groups in total. The van der Waals surface area contributed by atoms with E-state index in [1.165, 1.54) is 6.07 Å². The summed E-state index contributed by atoms with van der Waals surface area (Å²) in [6.07, 6.45) is -19.2. The predicted octanol–water partition coefficient (Wildman–Crippen LogP) is -2.78. The standard InChI is InChI=1S/C27H32O17/c28-6-15-18(35)20(37)22(39)26(41-15)44-25-21(38)19(36)16(7-29)42-27(25)43-23-13(34)4-11(32)17-12(33)5-14(40-24(17)23)8-1-2-9(30)10(31)3-8/h1-4,14-16,18-22,25-32,34-39H,5-7H2. The van der Waals surface area contributed by atoms with Gasteiger partial charge in [-0.05, 0) is 17.7 Å². The van der Waals surface area contributed by atoms with E-state index in [-0.39, 0.29) is 12.0 Å². The summed E-state index contributed by atoms with van der Waals surface area (Å²) in [5.74, 6) is -4.20. The molecule has 44 heavy (non-hydrogen) atoms. The molecule has 2 fully saturated rings. The molecule has 0 saturated carbocycles. The smallest absolute Gasteiger partial charge is 0.230 e. The second-order valence-corrected chi connectivity index (χ2v) is 10.6. The van der Waals surface area contributed by atoms with E-state index < -0.39 is 127 Å². The van der Waals surface area contributed by atoms with Gasteiger partial charge in [0.15, 0.2) is 41.2 Å². The fourth-order valence-electron chi connectivity index (χ4n) is 5.24. The topological polar surface area (TPSA) is 286 Å². The van der Waals surface area contributed by atoms with Gasteiger partial charge in [-0.3, -0.25) is 4.79 Å². The molecule has 0 aromatic heterocycles. The number of fused-ring (bicyclic) bond motifs is 1. The first kappa shape index (κ1) is 31.9. The second-order valence-electron chi connectivity index (χ2n) is 10.6. The Bertz CT molecular complexity index is 1370. The number of aliphatic hydroxyl groups excluding tert-OH is 7. The van der Waals surface area contributed by atoms with Crippen LogP contribution in [0.15, 0.2) is 24.3 Å². The van der Waals surface area contributed by atoms with Gasteiger partial charge in [0.05, 0.1) is 19.6 Å². The van der Waals surface area contributed by atoms with Crippen LogP contribution < -0.4 is 9.47 Å². The molecule has 17 nitrogen and oxygen atoms in total. The fourth-order valence-corrected chi connectivity index (χ4v) is 5.24. The lowest BCUT2D eigenvalue weighted by Gasteiger charge is -2.46. The number of benzene rings is 2. The molecule has 2 aromatic rings. The van der Waals surface area contributed by atoms with Crippen molar-refractivity contribution in [2.45, 2.75) is 73.9 Å². The van der Waals surface area contributed by atoms with Gasteiger partial charge in [-0.1, -0.05) is 6.07 Å². The molecule has 11 atom stereocenters. The number of phenols is 4. The van der Waals surface area contributed by atoms with E-state index in [2.05, 4.69) is 0 Å². The summed E-state index contributed by atoms with van der Waals surface area (Å²) < 4.78 is 28.2. The van der Waals surface area contributed by atoms with E-state index in [0.717, 1.165) is 18.2 Å². The number of hydrogen-bond acceptors (Lipinski definition) is 17. The van der Waals surface area contributed by atoms with Gasteiger partial charge in [0, 0.05) is 6.07 Å². The summed E-state index contributed by atoms with van der Waals surface area (Å²) in [6, 6.07) is 4.43. The van der Waals surface area contributed by atoms with E-state index in [9.17, 15) is 61.0 Å². The lowest BCUT2D eigenvalue weighted by atomic mass is 9.94. The van der Waals surface area contributed by atoms with Crippen LogP contribution in [0.25, 0.3) is 0 Å². The molecule has 0 radical (unpaired) electrons. The summed E-state index contributed by atoms with van der Waals surface area (Å²) in [5.41, 5.74) is -0.178. The summed E-state index contributed by atoms with van der Waals surface area (Å²) in [4.78, 5) is 13.1. The number of ether oxygens (including phenoxy) is 5. The minimum Gasteiger partial charge on any atom is -0.507 e. The number of ketones is 1. The van der Waals surface area contributed by atoms with Crippen molar-refractivity contribution in [1.82, 2.24) is 0 Å². The van der Waals surface area contributed by atoms with Crippen molar-refractivity contribution in [1.29, 1.82) is 0 Å². The Morgan fingerprint density at radius 1 is 0.727 bits per heavy atom. The quantitative estimate of drug-likeness (QED) is 0.138. The molecule has 3 aliphatic heterocycles. The van der Waals surface area contributed by atoms with Gasteiger partial charge in [0.25, 0.3) is 0 Å². The van der Waals surface area contributed by atoms with Crippen molar-refractivity contribution < 1.29 is 84.7 Å². The molecular weight excluding hydrogens is 596 g/mol. The number of phenolic OH excluding ortho intramolecular Hbond substituents is 4. The minimum absolute atomic E-state index is 0.227. The lowest BCUT2D eigenvalue weighted by Crippen LogP contribution is -2.65. The third-order valence-corrected chi connectivity index (χ3v) is 7.67. The number of Topliss-reactive ketones (excluding diaryl/α,β-unsaturated/α-hetero) is 1. The van der Waals surface area contributed by atoms with Crippen LogP contribution in [-0.2, 0) is 14.2 Å². The lowest BCUT2D eigenvalue weighted by molar-refractivity contribution is -0.358. The van der Waals surface area contributed by atoms with E-state index in [0.29, 0.717) is 0 Å². The summed E-state index contributed by atoms with van der Waals surface area (Å²) in [5, 5.41) is 112. The third-order valence-electron chi connectivity index (χ3n) is 7.67. The first-order valence-corrected chi connectivity index (χ1v) is 13.4. The maximum absolute atomic E-state index is 13.1. The van der Waals surface area contributed by atoms with Gasteiger partial charge in [0.1, 0.15) is 60.1 Å². The van der Waals surface area contributed by atoms with Crippen LogP contribution in [0.4, 0.5) is 0 Å². The Morgan fingerprint density at radius 2 is 1.36 bits per heavy atom. The Hall–Kier alpha value is -3.49. The first-order valence-electron chi connectivity index (χ1n) is 13.4. The van der Waals surface area contributed by atoms with Crippen LogP contribution >= 0.6 is 0 Å². The van der Waals surface area contributed by atoms with Crippen molar-refractivity contribution >= 4 is 5.78 Å². The zero-order valence-electron chi connectivity index (χ0n) is 22.7. The van der Waals surface area contributed by atoms with Gasteiger partial charge in [-0.2, -0.15) is 0 Å². The Morgan fingerprint density at radius 3 is 2.00 bits per heavy atom. The Balaban J connectivity index is 1.50. The van der Waals surface area contributed by atoms with Gasteiger partial charge in [-0.25, -0.2) is 0 Å². The first-order chi connectivity index (χ1) is 20.9. The van der Waals surface area contributed by atoms with Gasteiger partial charge >= 0.3 is 0 Å².